The van der Waals surface area contributed by atoms with Gasteiger partial charge in [0, 0.05) is 12.1 Å². The molecule has 1 aliphatic heterocycles. The number of rotatable bonds is 6. The number of methoxy groups -OCH3 is 1. The molecule has 3 nitrogen and oxygen atoms in total. The molecule has 0 saturated carbocycles. The van der Waals surface area contributed by atoms with Gasteiger partial charge in [-0.15, -0.1) is 12.4 Å². The van der Waals surface area contributed by atoms with Crippen LogP contribution in [0.1, 0.15) is 47.5 Å². The Kier molecular flexibility index (Phi) is 8.14. The van der Waals surface area contributed by atoms with E-state index in [0.717, 1.165) is 36.5 Å². The quantitative estimate of drug-likeness (QED) is 0.670. The second kappa shape index (κ2) is 10.3. The molecule has 0 spiro atoms. The predicted octanol–water partition coefficient (Wildman–Crippen LogP) is 4.96. The Morgan fingerprint density at radius 2 is 1.58 bits per heavy atom. The molecule has 1 atom stereocenters. The van der Waals surface area contributed by atoms with Crippen molar-refractivity contribution in [3.8, 4) is 5.75 Å². The van der Waals surface area contributed by atoms with Crippen LogP contribution < -0.4 is 4.74 Å². The topological polar surface area (TPSA) is 29.5 Å². The maximum atomic E-state index is 13.2. The van der Waals surface area contributed by atoms with Crippen LogP contribution in [0.5, 0.6) is 5.75 Å². The Bertz CT molecular complexity index is 664. The van der Waals surface area contributed by atoms with E-state index in [0.29, 0.717) is 0 Å². The number of hydrogen-bond acceptors (Lipinski definition) is 3. The SMILES string of the molecule is COc1ccc(C(=O)C(CN2CCCCCC2)c2ccccc2)cc1.Cl. The van der Waals surface area contributed by atoms with Crippen LogP contribution in [0.15, 0.2) is 54.6 Å². The molecule has 1 fully saturated rings. The zero-order valence-corrected chi connectivity index (χ0v) is 16.2. The number of carbonyl (C=O) groups excluding carboxylic acids is 1. The van der Waals surface area contributed by atoms with Gasteiger partial charge >= 0.3 is 0 Å². The van der Waals surface area contributed by atoms with Crippen LogP contribution in [-0.2, 0) is 0 Å². The van der Waals surface area contributed by atoms with Crippen LogP contribution in [0.2, 0.25) is 0 Å². The maximum Gasteiger partial charge on any atom is 0.171 e. The van der Waals surface area contributed by atoms with Crippen molar-refractivity contribution in [2.45, 2.75) is 31.6 Å². The summed E-state index contributed by atoms with van der Waals surface area (Å²) in [5, 5.41) is 0. The number of ketones is 1. The van der Waals surface area contributed by atoms with E-state index < -0.39 is 0 Å². The molecule has 0 amide bonds. The van der Waals surface area contributed by atoms with Gasteiger partial charge in [-0.1, -0.05) is 43.2 Å². The number of benzene rings is 2. The summed E-state index contributed by atoms with van der Waals surface area (Å²) in [6.07, 6.45) is 5.08. The van der Waals surface area contributed by atoms with Crippen molar-refractivity contribution in [3.05, 3.63) is 65.7 Å². The van der Waals surface area contributed by atoms with Gasteiger partial charge in [-0.05, 0) is 55.8 Å². The Balaban J connectivity index is 0.00000243. The molecular weight excluding hydrogens is 346 g/mol. The number of halogens is 1. The fourth-order valence-electron chi connectivity index (χ4n) is 3.56. The molecule has 4 heteroatoms. The van der Waals surface area contributed by atoms with Crippen molar-refractivity contribution < 1.29 is 9.53 Å². The molecule has 3 rings (SSSR count). The fourth-order valence-corrected chi connectivity index (χ4v) is 3.56. The minimum absolute atomic E-state index is 0. The summed E-state index contributed by atoms with van der Waals surface area (Å²) < 4.78 is 5.21. The second-order valence-electron chi connectivity index (χ2n) is 6.77. The normalized spacial score (nSPS) is 16.2. The summed E-state index contributed by atoms with van der Waals surface area (Å²) in [6.45, 7) is 2.99. The molecule has 0 aromatic heterocycles. The van der Waals surface area contributed by atoms with Gasteiger partial charge in [0.15, 0.2) is 5.78 Å². The number of Topliss-reactive ketones (excluding diaryl/α,β-unsaturated/α-hetero) is 1. The molecule has 1 unspecified atom stereocenters. The Labute approximate surface area is 162 Å². The minimum atomic E-state index is -0.118. The summed E-state index contributed by atoms with van der Waals surface area (Å²) in [7, 11) is 1.64. The first kappa shape index (κ1) is 20.5. The number of nitrogens with zero attached hydrogens (tertiary/aromatic N) is 1. The van der Waals surface area contributed by atoms with Gasteiger partial charge < -0.3 is 9.64 Å². The zero-order chi connectivity index (χ0) is 17.5. The smallest absolute Gasteiger partial charge is 0.171 e. The molecule has 26 heavy (non-hydrogen) atoms. The number of carbonyl (C=O) groups is 1. The lowest BCUT2D eigenvalue weighted by molar-refractivity contribution is 0.0934. The highest BCUT2D eigenvalue weighted by atomic mass is 35.5. The van der Waals surface area contributed by atoms with Crippen molar-refractivity contribution in [2.75, 3.05) is 26.7 Å². The van der Waals surface area contributed by atoms with Gasteiger partial charge in [0.25, 0.3) is 0 Å². The van der Waals surface area contributed by atoms with Crippen molar-refractivity contribution in [1.82, 2.24) is 4.90 Å². The lowest BCUT2D eigenvalue weighted by Gasteiger charge is -2.26. The van der Waals surface area contributed by atoms with Crippen LogP contribution in [-0.4, -0.2) is 37.4 Å². The number of ether oxygens (including phenoxy) is 1. The Hall–Kier alpha value is -1.84. The average molecular weight is 374 g/mol. The largest absolute Gasteiger partial charge is 0.497 e. The van der Waals surface area contributed by atoms with Crippen molar-refractivity contribution in [1.29, 1.82) is 0 Å². The van der Waals surface area contributed by atoms with Crippen LogP contribution >= 0.6 is 12.4 Å². The highest BCUT2D eigenvalue weighted by molar-refractivity contribution is 6.01. The third-order valence-electron chi connectivity index (χ3n) is 5.03. The first-order valence-corrected chi connectivity index (χ1v) is 9.23. The summed E-state index contributed by atoms with van der Waals surface area (Å²) in [6, 6.07) is 17.7. The molecule has 1 aliphatic rings. The molecule has 1 saturated heterocycles. The van der Waals surface area contributed by atoms with E-state index in [1.54, 1.807) is 7.11 Å². The standard InChI is InChI=1S/C22H27NO2.ClH/c1-25-20-13-11-19(12-14-20)22(24)21(18-9-5-4-6-10-18)17-23-15-7-2-3-8-16-23;/h4-6,9-14,21H,2-3,7-8,15-17H2,1H3;1H. The monoisotopic (exact) mass is 373 g/mol. The van der Waals surface area contributed by atoms with E-state index in [2.05, 4.69) is 17.0 Å². The number of likely N-dealkylation sites (tertiary alicyclic amines) is 1. The molecule has 1 heterocycles. The summed E-state index contributed by atoms with van der Waals surface area (Å²) in [4.78, 5) is 15.7. The molecular formula is C22H28ClNO2. The number of hydrogen-bond donors (Lipinski definition) is 0. The van der Waals surface area contributed by atoms with Gasteiger partial charge in [0.05, 0.1) is 13.0 Å². The van der Waals surface area contributed by atoms with Gasteiger partial charge in [0.1, 0.15) is 5.75 Å². The van der Waals surface area contributed by atoms with Crippen molar-refractivity contribution in [3.63, 3.8) is 0 Å². The van der Waals surface area contributed by atoms with E-state index in [9.17, 15) is 4.79 Å². The molecule has 2 aromatic rings. The highest BCUT2D eigenvalue weighted by Crippen LogP contribution is 2.25. The van der Waals surface area contributed by atoms with E-state index in [1.165, 1.54) is 25.7 Å². The first-order valence-electron chi connectivity index (χ1n) is 9.23. The summed E-state index contributed by atoms with van der Waals surface area (Å²) in [5.41, 5.74) is 1.86. The maximum absolute atomic E-state index is 13.2. The van der Waals surface area contributed by atoms with E-state index >= 15 is 0 Å². The van der Waals surface area contributed by atoms with E-state index in [1.807, 2.05) is 42.5 Å². The highest BCUT2D eigenvalue weighted by Gasteiger charge is 2.25. The van der Waals surface area contributed by atoms with Crippen LogP contribution in [0.25, 0.3) is 0 Å². The molecule has 0 aliphatic carbocycles. The zero-order valence-electron chi connectivity index (χ0n) is 15.4. The predicted molar refractivity (Wildman–Crippen MR) is 109 cm³/mol. The first-order chi connectivity index (χ1) is 12.3. The third kappa shape index (κ3) is 5.33. The second-order valence-corrected chi connectivity index (χ2v) is 6.77. The molecule has 0 N–H and O–H groups in total. The Morgan fingerprint density at radius 3 is 2.15 bits per heavy atom. The van der Waals surface area contributed by atoms with Gasteiger partial charge in [-0.3, -0.25) is 4.79 Å². The fraction of sp³-hybridized carbons (Fsp3) is 0.409. The Morgan fingerprint density at radius 1 is 0.962 bits per heavy atom. The molecule has 0 bridgehead atoms. The summed E-state index contributed by atoms with van der Waals surface area (Å²) >= 11 is 0. The lowest BCUT2D eigenvalue weighted by atomic mass is 9.90. The van der Waals surface area contributed by atoms with E-state index in [-0.39, 0.29) is 24.1 Å². The van der Waals surface area contributed by atoms with Crippen LogP contribution in [0.4, 0.5) is 0 Å². The third-order valence-corrected chi connectivity index (χ3v) is 5.03. The van der Waals surface area contributed by atoms with Gasteiger partial charge in [-0.2, -0.15) is 0 Å². The van der Waals surface area contributed by atoms with E-state index in [4.69, 9.17) is 4.74 Å². The molecule has 140 valence electrons. The van der Waals surface area contributed by atoms with Crippen molar-refractivity contribution >= 4 is 18.2 Å². The van der Waals surface area contributed by atoms with Crippen LogP contribution in [0, 0.1) is 0 Å². The van der Waals surface area contributed by atoms with Gasteiger partial charge in [-0.25, -0.2) is 0 Å². The molecule has 2 aromatic carbocycles. The lowest BCUT2D eigenvalue weighted by Crippen LogP contribution is -2.33. The minimum Gasteiger partial charge on any atom is -0.497 e. The summed E-state index contributed by atoms with van der Waals surface area (Å²) in [5.74, 6) is 0.853. The average Bonchev–Trinajstić information content (AvgIpc) is 2.95. The molecule has 0 radical (unpaired) electrons. The van der Waals surface area contributed by atoms with Crippen molar-refractivity contribution in [2.24, 2.45) is 0 Å². The van der Waals surface area contributed by atoms with Gasteiger partial charge in [0.2, 0.25) is 0 Å². The van der Waals surface area contributed by atoms with Crippen LogP contribution in [0.3, 0.4) is 0 Å².